The van der Waals surface area contributed by atoms with Crippen LogP contribution in [0.2, 0.25) is 0 Å². The van der Waals surface area contributed by atoms with Crippen molar-refractivity contribution in [3.8, 4) is 6.07 Å². The zero-order chi connectivity index (χ0) is 14.4. The Morgan fingerprint density at radius 1 is 1.30 bits per heavy atom. The smallest absolute Gasteiger partial charge is 0.269 e. The first kappa shape index (κ1) is 14.3. The molecule has 20 heavy (non-hydrogen) atoms. The lowest BCUT2D eigenvalue weighted by molar-refractivity contribution is 0.0943. The van der Waals surface area contributed by atoms with Gasteiger partial charge < -0.3 is 5.32 Å². The fourth-order valence-corrected chi connectivity index (χ4v) is 2.43. The van der Waals surface area contributed by atoms with E-state index in [9.17, 15) is 4.79 Å². The largest absolute Gasteiger partial charge is 0.359 e. The Hall–Kier alpha value is -2.13. The van der Waals surface area contributed by atoms with Crippen molar-refractivity contribution < 1.29 is 4.79 Å². The maximum Gasteiger partial charge on any atom is 0.269 e. The predicted octanol–water partition coefficient (Wildman–Crippen LogP) is 1.61. The molecule has 0 unspecified atom stereocenters. The van der Waals surface area contributed by atoms with E-state index in [-0.39, 0.29) is 5.91 Å². The monoisotopic (exact) mass is 288 g/mol. The quantitative estimate of drug-likeness (QED) is 0.569. The molecule has 0 saturated heterocycles. The number of amides is 1. The number of rotatable bonds is 2. The number of nitriles is 1. The van der Waals surface area contributed by atoms with Crippen LogP contribution in [0.1, 0.15) is 41.6 Å². The topological polar surface area (TPSA) is 77.0 Å². The van der Waals surface area contributed by atoms with Crippen molar-refractivity contribution in [3.63, 3.8) is 0 Å². The number of hydrogen-bond donors (Lipinski definition) is 3. The molecule has 0 bridgehead atoms. The standard InChI is InChI=1S/C14H16N4OS/c15-9-10-4-3-5-11(8-10)13(19)17-18-14(20)16-12-6-1-2-7-12/h3-5,8,12H,1-2,6-7H2,(H,17,19)(H2,16,18,20). The molecular weight excluding hydrogens is 272 g/mol. The maximum absolute atomic E-state index is 11.9. The summed E-state index contributed by atoms with van der Waals surface area (Å²) in [6.07, 6.45) is 4.65. The molecule has 3 N–H and O–H groups in total. The number of nitrogens with zero attached hydrogens (tertiary/aromatic N) is 1. The SMILES string of the molecule is N#Cc1cccc(C(=O)NNC(=S)NC2CCCC2)c1. The molecule has 0 spiro atoms. The Labute approximate surface area is 123 Å². The number of hydrogen-bond acceptors (Lipinski definition) is 3. The van der Waals surface area contributed by atoms with Crippen LogP contribution in [0, 0.1) is 11.3 Å². The molecule has 1 amide bonds. The van der Waals surface area contributed by atoms with Crippen molar-refractivity contribution in [2.24, 2.45) is 0 Å². The van der Waals surface area contributed by atoms with E-state index >= 15 is 0 Å². The van der Waals surface area contributed by atoms with Crippen molar-refractivity contribution in [1.82, 2.24) is 16.2 Å². The van der Waals surface area contributed by atoms with Crippen LogP contribution >= 0.6 is 12.2 Å². The maximum atomic E-state index is 11.9. The summed E-state index contributed by atoms with van der Waals surface area (Å²) < 4.78 is 0. The van der Waals surface area contributed by atoms with Crippen molar-refractivity contribution in [2.75, 3.05) is 0 Å². The Morgan fingerprint density at radius 2 is 2.05 bits per heavy atom. The molecule has 1 aliphatic carbocycles. The summed E-state index contributed by atoms with van der Waals surface area (Å²) in [6.45, 7) is 0. The molecule has 0 atom stereocenters. The van der Waals surface area contributed by atoms with Gasteiger partial charge in [0.1, 0.15) is 0 Å². The Morgan fingerprint density at radius 3 is 2.75 bits per heavy atom. The van der Waals surface area contributed by atoms with Gasteiger partial charge >= 0.3 is 0 Å². The van der Waals surface area contributed by atoms with Gasteiger partial charge in [-0.05, 0) is 43.3 Å². The minimum Gasteiger partial charge on any atom is -0.359 e. The fraction of sp³-hybridized carbons (Fsp3) is 0.357. The van der Waals surface area contributed by atoms with Gasteiger partial charge in [0.2, 0.25) is 0 Å². The number of thiocarbonyl (C=S) groups is 1. The third-order valence-corrected chi connectivity index (χ3v) is 3.45. The van der Waals surface area contributed by atoms with Gasteiger partial charge in [-0.1, -0.05) is 18.9 Å². The molecule has 1 aromatic carbocycles. The van der Waals surface area contributed by atoms with Crippen LogP contribution in [0.15, 0.2) is 24.3 Å². The first-order chi connectivity index (χ1) is 9.69. The molecule has 0 aliphatic heterocycles. The first-order valence-corrected chi connectivity index (χ1v) is 6.97. The lowest BCUT2D eigenvalue weighted by Crippen LogP contribution is -2.49. The summed E-state index contributed by atoms with van der Waals surface area (Å²) in [4.78, 5) is 11.9. The second kappa shape index (κ2) is 6.87. The van der Waals surface area contributed by atoms with Gasteiger partial charge in [-0.3, -0.25) is 15.6 Å². The zero-order valence-electron chi connectivity index (χ0n) is 11.0. The predicted molar refractivity (Wildman–Crippen MR) is 79.7 cm³/mol. The highest BCUT2D eigenvalue weighted by atomic mass is 32.1. The molecule has 1 fully saturated rings. The molecule has 104 valence electrons. The van der Waals surface area contributed by atoms with Crippen LogP contribution in [0.25, 0.3) is 0 Å². The van der Waals surface area contributed by atoms with E-state index in [1.807, 2.05) is 6.07 Å². The highest BCUT2D eigenvalue weighted by Gasteiger charge is 2.15. The second-order valence-electron chi connectivity index (χ2n) is 4.73. The average molecular weight is 288 g/mol. The highest BCUT2D eigenvalue weighted by Crippen LogP contribution is 2.17. The zero-order valence-corrected chi connectivity index (χ0v) is 11.8. The van der Waals surface area contributed by atoms with Gasteiger partial charge in [-0.25, -0.2) is 0 Å². The number of nitrogens with one attached hydrogen (secondary N) is 3. The Kier molecular flexibility index (Phi) is 4.91. The number of carbonyl (C=O) groups excluding carboxylic acids is 1. The van der Waals surface area contributed by atoms with E-state index in [0.29, 0.717) is 22.3 Å². The van der Waals surface area contributed by atoms with Crippen LogP contribution in [0.3, 0.4) is 0 Å². The molecule has 5 nitrogen and oxygen atoms in total. The summed E-state index contributed by atoms with van der Waals surface area (Å²) in [5.41, 5.74) is 6.07. The van der Waals surface area contributed by atoms with Crippen LogP contribution < -0.4 is 16.2 Å². The van der Waals surface area contributed by atoms with Gasteiger partial charge in [-0.2, -0.15) is 5.26 Å². The normalized spacial score (nSPS) is 14.3. The first-order valence-electron chi connectivity index (χ1n) is 6.56. The molecule has 1 aliphatic rings. The van der Waals surface area contributed by atoms with Crippen molar-refractivity contribution >= 4 is 23.2 Å². The van der Waals surface area contributed by atoms with E-state index in [1.54, 1.807) is 18.2 Å². The second-order valence-corrected chi connectivity index (χ2v) is 5.13. The van der Waals surface area contributed by atoms with E-state index in [1.165, 1.54) is 18.9 Å². The summed E-state index contributed by atoms with van der Waals surface area (Å²) in [5.74, 6) is -0.322. The molecule has 1 aromatic rings. The van der Waals surface area contributed by atoms with Gasteiger partial charge in [0.05, 0.1) is 11.6 Å². The van der Waals surface area contributed by atoms with Crippen LogP contribution in [-0.4, -0.2) is 17.1 Å². The minimum absolute atomic E-state index is 0.322. The highest BCUT2D eigenvalue weighted by molar-refractivity contribution is 7.80. The van der Waals surface area contributed by atoms with Gasteiger partial charge in [0.25, 0.3) is 5.91 Å². The number of carbonyl (C=O) groups is 1. The molecule has 0 aromatic heterocycles. The van der Waals surface area contributed by atoms with E-state index in [0.717, 1.165) is 12.8 Å². The van der Waals surface area contributed by atoms with Crippen LogP contribution in [-0.2, 0) is 0 Å². The molecule has 0 heterocycles. The van der Waals surface area contributed by atoms with Crippen LogP contribution in [0.4, 0.5) is 0 Å². The summed E-state index contributed by atoms with van der Waals surface area (Å²) in [5, 5.41) is 12.4. The Bertz CT molecular complexity index is 546. The van der Waals surface area contributed by atoms with Gasteiger partial charge in [0, 0.05) is 11.6 Å². The van der Waals surface area contributed by atoms with Gasteiger partial charge in [-0.15, -0.1) is 0 Å². The minimum atomic E-state index is -0.322. The van der Waals surface area contributed by atoms with E-state index in [2.05, 4.69) is 16.2 Å². The average Bonchev–Trinajstić information content (AvgIpc) is 2.97. The number of hydrazine groups is 1. The summed E-state index contributed by atoms with van der Waals surface area (Å²) >= 11 is 5.12. The van der Waals surface area contributed by atoms with Gasteiger partial charge in [0.15, 0.2) is 5.11 Å². The van der Waals surface area contributed by atoms with Crippen LogP contribution in [0.5, 0.6) is 0 Å². The molecule has 6 heteroatoms. The van der Waals surface area contributed by atoms with E-state index in [4.69, 9.17) is 17.5 Å². The fourth-order valence-electron chi connectivity index (χ4n) is 2.21. The summed E-state index contributed by atoms with van der Waals surface area (Å²) in [6, 6.07) is 8.89. The summed E-state index contributed by atoms with van der Waals surface area (Å²) in [7, 11) is 0. The van der Waals surface area contributed by atoms with Crippen molar-refractivity contribution in [1.29, 1.82) is 5.26 Å². The molecule has 2 rings (SSSR count). The lowest BCUT2D eigenvalue weighted by Gasteiger charge is -2.16. The molecular formula is C14H16N4OS. The molecule has 0 radical (unpaired) electrons. The number of benzene rings is 1. The van der Waals surface area contributed by atoms with Crippen molar-refractivity contribution in [2.45, 2.75) is 31.7 Å². The van der Waals surface area contributed by atoms with Crippen molar-refractivity contribution in [3.05, 3.63) is 35.4 Å². The van der Waals surface area contributed by atoms with E-state index < -0.39 is 0 Å². The lowest BCUT2D eigenvalue weighted by atomic mass is 10.1. The third kappa shape index (κ3) is 3.93. The Balaban J connectivity index is 1.82. The molecule has 1 saturated carbocycles. The third-order valence-electron chi connectivity index (χ3n) is 3.23.